The lowest BCUT2D eigenvalue weighted by atomic mass is 10.1. The fraction of sp³-hybridized carbons (Fsp3) is 0.158. The lowest BCUT2D eigenvalue weighted by Gasteiger charge is -2.07. The van der Waals surface area contributed by atoms with Crippen LogP contribution in [0, 0.1) is 6.92 Å². The fourth-order valence-corrected chi connectivity index (χ4v) is 2.32. The molecule has 3 aromatic rings. The second-order valence-electron chi connectivity index (χ2n) is 5.67. The number of aromatic nitrogens is 3. The third kappa shape index (κ3) is 4.84. The molecule has 0 atom stereocenters. The van der Waals surface area contributed by atoms with E-state index in [0.29, 0.717) is 24.6 Å². The van der Waals surface area contributed by atoms with Gasteiger partial charge in [0.05, 0.1) is 12.4 Å². The number of hydrogen-bond donors (Lipinski definition) is 2. The molecule has 0 unspecified atom stereocenters. The van der Waals surface area contributed by atoms with Gasteiger partial charge in [0.2, 0.25) is 0 Å². The molecule has 2 heterocycles. The van der Waals surface area contributed by atoms with E-state index in [4.69, 9.17) is 0 Å². The molecule has 6 nitrogen and oxygen atoms in total. The highest BCUT2D eigenvalue weighted by molar-refractivity contribution is 5.91. The molecule has 0 spiro atoms. The lowest BCUT2D eigenvalue weighted by molar-refractivity contribution is 0.0945. The quantitative estimate of drug-likeness (QED) is 0.725. The number of pyridine rings is 1. The van der Waals surface area contributed by atoms with Gasteiger partial charge in [0.1, 0.15) is 11.5 Å². The van der Waals surface area contributed by atoms with Gasteiger partial charge < -0.3 is 10.6 Å². The largest absolute Gasteiger partial charge is 0.365 e. The molecule has 0 aliphatic carbocycles. The molecule has 1 amide bonds. The first kappa shape index (κ1) is 16.6. The molecule has 1 aromatic carbocycles. The Morgan fingerprint density at radius 1 is 1.00 bits per heavy atom. The van der Waals surface area contributed by atoms with E-state index >= 15 is 0 Å². The van der Waals surface area contributed by atoms with Crippen molar-refractivity contribution in [2.24, 2.45) is 0 Å². The SMILES string of the molecule is Cc1cccc(CNC(=O)c2cnc(NCc3ccncc3)cn2)c1. The van der Waals surface area contributed by atoms with Gasteiger partial charge in [0.15, 0.2) is 0 Å². The molecule has 0 fully saturated rings. The fourth-order valence-electron chi connectivity index (χ4n) is 2.32. The number of carbonyl (C=O) groups is 1. The van der Waals surface area contributed by atoms with E-state index in [1.54, 1.807) is 18.6 Å². The Morgan fingerprint density at radius 3 is 2.56 bits per heavy atom. The number of aryl methyl sites for hydroxylation is 1. The maximum Gasteiger partial charge on any atom is 0.271 e. The number of nitrogens with one attached hydrogen (secondary N) is 2. The second-order valence-corrected chi connectivity index (χ2v) is 5.67. The van der Waals surface area contributed by atoms with Crippen molar-refractivity contribution >= 4 is 11.7 Å². The molecule has 126 valence electrons. The number of rotatable bonds is 6. The number of benzene rings is 1. The van der Waals surface area contributed by atoms with Crippen LogP contribution >= 0.6 is 0 Å². The van der Waals surface area contributed by atoms with Crippen molar-refractivity contribution in [2.75, 3.05) is 5.32 Å². The Bertz CT molecular complexity index is 834. The maximum absolute atomic E-state index is 12.2. The predicted octanol–water partition coefficient (Wildman–Crippen LogP) is 2.72. The van der Waals surface area contributed by atoms with Gasteiger partial charge in [-0.3, -0.25) is 9.78 Å². The van der Waals surface area contributed by atoms with E-state index in [2.05, 4.69) is 25.6 Å². The summed E-state index contributed by atoms with van der Waals surface area (Å²) in [6.07, 6.45) is 6.51. The zero-order chi connectivity index (χ0) is 17.5. The van der Waals surface area contributed by atoms with Crippen molar-refractivity contribution in [3.63, 3.8) is 0 Å². The Labute approximate surface area is 146 Å². The van der Waals surface area contributed by atoms with Gasteiger partial charge in [-0.25, -0.2) is 9.97 Å². The first-order chi connectivity index (χ1) is 12.2. The minimum atomic E-state index is -0.241. The monoisotopic (exact) mass is 333 g/mol. The molecule has 3 rings (SSSR count). The Kier molecular flexibility index (Phi) is 5.31. The van der Waals surface area contributed by atoms with Crippen molar-refractivity contribution in [3.05, 3.63) is 83.6 Å². The summed E-state index contributed by atoms with van der Waals surface area (Å²) in [7, 11) is 0. The molecule has 0 saturated carbocycles. The minimum absolute atomic E-state index is 0.241. The van der Waals surface area contributed by atoms with Gasteiger partial charge in [-0.15, -0.1) is 0 Å². The highest BCUT2D eigenvalue weighted by Crippen LogP contribution is 2.06. The van der Waals surface area contributed by atoms with E-state index in [0.717, 1.165) is 16.7 Å². The van der Waals surface area contributed by atoms with Crippen molar-refractivity contribution in [2.45, 2.75) is 20.0 Å². The van der Waals surface area contributed by atoms with E-state index < -0.39 is 0 Å². The first-order valence-corrected chi connectivity index (χ1v) is 7.99. The van der Waals surface area contributed by atoms with E-state index in [1.807, 2.05) is 43.3 Å². The Hall–Kier alpha value is -3.28. The van der Waals surface area contributed by atoms with E-state index in [-0.39, 0.29) is 5.91 Å². The highest BCUT2D eigenvalue weighted by Gasteiger charge is 2.08. The van der Waals surface area contributed by atoms with Crippen LogP contribution < -0.4 is 10.6 Å². The Morgan fingerprint density at radius 2 is 1.84 bits per heavy atom. The summed E-state index contributed by atoms with van der Waals surface area (Å²) < 4.78 is 0. The van der Waals surface area contributed by atoms with Crippen LogP contribution in [-0.2, 0) is 13.1 Å². The van der Waals surface area contributed by atoms with E-state index in [9.17, 15) is 4.79 Å². The number of amides is 1. The summed E-state index contributed by atoms with van der Waals surface area (Å²) in [5, 5.41) is 6.01. The third-order valence-electron chi connectivity index (χ3n) is 3.64. The number of carbonyl (C=O) groups excluding carboxylic acids is 1. The zero-order valence-corrected chi connectivity index (χ0v) is 13.9. The van der Waals surface area contributed by atoms with Crippen LogP contribution in [0.3, 0.4) is 0 Å². The summed E-state index contributed by atoms with van der Waals surface area (Å²) in [4.78, 5) is 24.5. The molecule has 25 heavy (non-hydrogen) atoms. The van der Waals surface area contributed by atoms with Crippen molar-refractivity contribution < 1.29 is 4.79 Å². The summed E-state index contributed by atoms with van der Waals surface area (Å²) in [6.45, 7) is 3.11. The summed E-state index contributed by atoms with van der Waals surface area (Å²) in [6, 6.07) is 11.9. The normalized spacial score (nSPS) is 10.3. The van der Waals surface area contributed by atoms with Crippen molar-refractivity contribution in [3.8, 4) is 0 Å². The molecular weight excluding hydrogens is 314 g/mol. The molecular formula is C19H19N5O. The molecule has 2 N–H and O–H groups in total. The number of hydrogen-bond acceptors (Lipinski definition) is 5. The van der Waals surface area contributed by atoms with Gasteiger partial charge in [0, 0.05) is 25.5 Å². The van der Waals surface area contributed by atoms with Gasteiger partial charge in [0.25, 0.3) is 5.91 Å². The van der Waals surface area contributed by atoms with Crippen LogP contribution in [0.25, 0.3) is 0 Å². The molecule has 0 saturated heterocycles. The number of anilines is 1. The molecule has 0 bridgehead atoms. The van der Waals surface area contributed by atoms with Crippen molar-refractivity contribution in [1.29, 1.82) is 0 Å². The van der Waals surface area contributed by atoms with Crippen LogP contribution in [0.2, 0.25) is 0 Å². The topological polar surface area (TPSA) is 79.8 Å². The summed E-state index contributed by atoms with van der Waals surface area (Å²) in [5.41, 5.74) is 3.60. The predicted molar refractivity (Wildman–Crippen MR) is 95.9 cm³/mol. The lowest BCUT2D eigenvalue weighted by Crippen LogP contribution is -2.24. The van der Waals surface area contributed by atoms with Crippen LogP contribution in [0.5, 0.6) is 0 Å². The molecule has 0 aliphatic heterocycles. The minimum Gasteiger partial charge on any atom is -0.365 e. The highest BCUT2D eigenvalue weighted by atomic mass is 16.1. The Balaban J connectivity index is 1.53. The smallest absolute Gasteiger partial charge is 0.271 e. The standard InChI is InChI=1S/C19H19N5O/c1-14-3-2-4-16(9-14)11-24-19(25)17-12-23-18(13-21-17)22-10-15-5-7-20-8-6-15/h2-9,12-13H,10-11H2,1H3,(H,22,23)(H,24,25). The first-order valence-electron chi connectivity index (χ1n) is 7.99. The van der Waals surface area contributed by atoms with Gasteiger partial charge in [-0.05, 0) is 30.2 Å². The molecule has 6 heteroatoms. The summed E-state index contributed by atoms with van der Waals surface area (Å²) in [5.74, 6) is 0.377. The molecule has 0 radical (unpaired) electrons. The van der Waals surface area contributed by atoms with Gasteiger partial charge in [-0.1, -0.05) is 29.8 Å². The average molecular weight is 333 g/mol. The number of nitrogens with zero attached hydrogens (tertiary/aromatic N) is 3. The van der Waals surface area contributed by atoms with Crippen LogP contribution in [0.1, 0.15) is 27.2 Å². The molecule has 0 aliphatic rings. The molecule has 2 aromatic heterocycles. The van der Waals surface area contributed by atoms with Crippen LogP contribution in [0.15, 0.2) is 61.2 Å². The van der Waals surface area contributed by atoms with E-state index in [1.165, 1.54) is 6.20 Å². The van der Waals surface area contributed by atoms with Crippen molar-refractivity contribution in [1.82, 2.24) is 20.3 Å². The van der Waals surface area contributed by atoms with Crippen LogP contribution in [0.4, 0.5) is 5.82 Å². The summed E-state index contributed by atoms with van der Waals surface area (Å²) >= 11 is 0. The maximum atomic E-state index is 12.2. The average Bonchev–Trinajstić information content (AvgIpc) is 2.66. The zero-order valence-electron chi connectivity index (χ0n) is 13.9. The van der Waals surface area contributed by atoms with Gasteiger partial charge >= 0.3 is 0 Å². The van der Waals surface area contributed by atoms with Gasteiger partial charge in [-0.2, -0.15) is 0 Å². The van der Waals surface area contributed by atoms with Crippen LogP contribution in [-0.4, -0.2) is 20.9 Å². The third-order valence-corrected chi connectivity index (χ3v) is 3.64. The second kappa shape index (κ2) is 8.01.